The number of carbonyl (C=O) groups excluding carboxylic acids is 1. The molecule has 0 rings (SSSR count). The van der Waals surface area contributed by atoms with E-state index in [1.165, 1.54) is 0 Å². The predicted molar refractivity (Wildman–Crippen MR) is 68.3 cm³/mol. The number of hydrogen-bond donors (Lipinski definition) is 0. The van der Waals surface area contributed by atoms with Crippen molar-refractivity contribution < 1.29 is 9.53 Å². The third-order valence-corrected chi connectivity index (χ3v) is 2.79. The van der Waals surface area contributed by atoms with E-state index < -0.39 is 0 Å². The molecule has 1 unspecified atom stereocenters. The first-order chi connectivity index (χ1) is 7.47. The van der Waals surface area contributed by atoms with Crippen LogP contribution in [0.15, 0.2) is 0 Å². The number of hydrogen-bond acceptors (Lipinski definition) is 2. The van der Waals surface area contributed by atoms with Crippen LogP contribution in [-0.4, -0.2) is 12.1 Å². The Morgan fingerprint density at radius 2 is 1.75 bits per heavy atom. The fourth-order valence-corrected chi connectivity index (χ4v) is 1.57. The zero-order valence-electron chi connectivity index (χ0n) is 11.6. The lowest BCUT2D eigenvalue weighted by Crippen LogP contribution is -2.23. The maximum atomic E-state index is 11.6. The number of ether oxygens (including phenoxy) is 1. The Hall–Kier alpha value is -0.530. The normalized spacial score (nSPS) is 13.2. The highest BCUT2D eigenvalue weighted by Gasteiger charge is 2.17. The van der Waals surface area contributed by atoms with E-state index >= 15 is 0 Å². The summed E-state index contributed by atoms with van der Waals surface area (Å²) >= 11 is 0. The third kappa shape index (κ3) is 7.72. The summed E-state index contributed by atoms with van der Waals surface area (Å²) in [5.74, 6) is 0.971. The molecule has 0 fully saturated rings. The van der Waals surface area contributed by atoms with E-state index in [9.17, 15) is 4.79 Å². The Labute approximate surface area is 101 Å². The van der Waals surface area contributed by atoms with Gasteiger partial charge >= 0.3 is 5.97 Å². The molecular formula is C14H28O2. The van der Waals surface area contributed by atoms with Crippen LogP contribution in [0.1, 0.15) is 66.7 Å². The molecule has 96 valence electrons. The highest BCUT2D eigenvalue weighted by Crippen LogP contribution is 2.16. The average molecular weight is 228 g/mol. The Balaban J connectivity index is 3.93. The van der Waals surface area contributed by atoms with Gasteiger partial charge < -0.3 is 4.74 Å². The van der Waals surface area contributed by atoms with E-state index in [0.29, 0.717) is 18.3 Å². The van der Waals surface area contributed by atoms with Crippen molar-refractivity contribution in [3.63, 3.8) is 0 Å². The molecule has 0 saturated heterocycles. The monoisotopic (exact) mass is 228 g/mol. The molecule has 0 bridgehead atoms. The molecule has 0 aliphatic carbocycles. The van der Waals surface area contributed by atoms with Gasteiger partial charge in [-0.3, -0.25) is 4.79 Å². The van der Waals surface area contributed by atoms with Crippen LogP contribution in [0.25, 0.3) is 0 Å². The topological polar surface area (TPSA) is 26.3 Å². The summed E-state index contributed by atoms with van der Waals surface area (Å²) in [6.07, 6.45) is 4.90. The SMILES string of the molecule is CCCCC(OC(=O)CCC(C)C)C(C)C. The highest BCUT2D eigenvalue weighted by molar-refractivity contribution is 5.69. The third-order valence-electron chi connectivity index (χ3n) is 2.79. The molecule has 0 amide bonds. The van der Waals surface area contributed by atoms with Gasteiger partial charge in [0.15, 0.2) is 0 Å². The van der Waals surface area contributed by atoms with Crippen molar-refractivity contribution >= 4 is 5.97 Å². The smallest absolute Gasteiger partial charge is 0.306 e. The molecular weight excluding hydrogens is 200 g/mol. The van der Waals surface area contributed by atoms with Crippen LogP contribution in [0.5, 0.6) is 0 Å². The summed E-state index contributed by atoms with van der Waals surface area (Å²) in [4.78, 5) is 11.6. The molecule has 0 heterocycles. The minimum absolute atomic E-state index is 0.0245. The molecule has 0 aliphatic rings. The van der Waals surface area contributed by atoms with Crippen molar-refractivity contribution in [2.45, 2.75) is 72.8 Å². The van der Waals surface area contributed by atoms with Crippen LogP contribution < -0.4 is 0 Å². The lowest BCUT2D eigenvalue weighted by Gasteiger charge is -2.21. The van der Waals surface area contributed by atoms with Crippen LogP contribution in [0.3, 0.4) is 0 Å². The Morgan fingerprint density at radius 1 is 1.12 bits per heavy atom. The summed E-state index contributed by atoms with van der Waals surface area (Å²) in [5, 5.41) is 0. The lowest BCUT2D eigenvalue weighted by molar-refractivity contribution is -0.152. The van der Waals surface area contributed by atoms with Gasteiger partial charge in [-0.25, -0.2) is 0 Å². The number of carbonyl (C=O) groups is 1. The summed E-state index contributed by atoms with van der Waals surface area (Å²) in [6.45, 7) is 10.7. The fraction of sp³-hybridized carbons (Fsp3) is 0.929. The number of esters is 1. The quantitative estimate of drug-likeness (QED) is 0.582. The molecule has 0 spiro atoms. The predicted octanol–water partition coefficient (Wildman–Crippen LogP) is 4.18. The second-order valence-electron chi connectivity index (χ2n) is 5.35. The van der Waals surface area contributed by atoms with Crippen molar-refractivity contribution in [2.24, 2.45) is 11.8 Å². The number of unbranched alkanes of at least 4 members (excludes halogenated alkanes) is 1. The van der Waals surface area contributed by atoms with Crippen molar-refractivity contribution in [1.82, 2.24) is 0 Å². The summed E-state index contributed by atoms with van der Waals surface area (Å²) in [6, 6.07) is 0. The molecule has 0 saturated carbocycles. The van der Waals surface area contributed by atoms with Gasteiger partial charge in [-0.2, -0.15) is 0 Å². The zero-order chi connectivity index (χ0) is 12.6. The first-order valence-electron chi connectivity index (χ1n) is 6.66. The molecule has 0 aromatic rings. The second kappa shape index (κ2) is 8.60. The maximum Gasteiger partial charge on any atom is 0.306 e. The summed E-state index contributed by atoms with van der Waals surface area (Å²) in [5.41, 5.74) is 0. The molecule has 0 radical (unpaired) electrons. The highest BCUT2D eigenvalue weighted by atomic mass is 16.5. The molecule has 0 N–H and O–H groups in total. The molecule has 0 aromatic heterocycles. The maximum absolute atomic E-state index is 11.6. The Kier molecular flexibility index (Phi) is 8.32. The van der Waals surface area contributed by atoms with Crippen LogP contribution in [-0.2, 0) is 9.53 Å². The number of rotatable bonds is 8. The molecule has 16 heavy (non-hydrogen) atoms. The zero-order valence-corrected chi connectivity index (χ0v) is 11.6. The van der Waals surface area contributed by atoms with E-state index in [2.05, 4.69) is 34.6 Å². The van der Waals surface area contributed by atoms with Crippen molar-refractivity contribution in [2.75, 3.05) is 0 Å². The minimum atomic E-state index is -0.0245. The molecule has 2 heteroatoms. The molecule has 0 aromatic carbocycles. The fourth-order valence-electron chi connectivity index (χ4n) is 1.57. The van der Waals surface area contributed by atoms with E-state index in [-0.39, 0.29) is 12.1 Å². The first kappa shape index (κ1) is 15.5. The van der Waals surface area contributed by atoms with Gasteiger partial charge in [-0.15, -0.1) is 0 Å². The van der Waals surface area contributed by atoms with Crippen molar-refractivity contribution in [3.05, 3.63) is 0 Å². The van der Waals surface area contributed by atoms with E-state index in [1.807, 2.05) is 0 Å². The van der Waals surface area contributed by atoms with Crippen molar-refractivity contribution in [3.8, 4) is 0 Å². The van der Waals surface area contributed by atoms with E-state index in [1.54, 1.807) is 0 Å². The summed E-state index contributed by atoms with van der Waals surface area (Å²) < 4.78 is 5.53. The van der Waals surface area contributed by atoms with Gasteiger partial charge in [-0.05, 0) is 24.7 Å². The largest absolute Gasteiger partial charge is 0.462 e. The van der Waals surface area contributed by atoms with Gasteiger partial charge in [0.05, 0.1) is 0 Å². The van der Waals surface area contributed by atoms with Gasteiger partial charge in [0.25, 0.3) is 0 Å². The van der Waals surface area contributed by atoms with Crippen LogP contribution in [0.4, 0.5) is 0 Å². The molecule has 2 nitrogen and oxygen atoms in total. The van der Waals surface area contributed by atoms with Gasteiger partial charge in [0, 0.05) is 6.42 Å². The average Bonchev–Trinajstić information content (AvgIpc) is 2.20. The molecule has 0 aliphatic heterocycles. The standard InChI is InChI=1S/C14H28O2/c1-6-7-8-13(12(4)5)16-14(15)10-9-11(2)3/h11-13H,6-10H2,1-5H3. The second-order valence-corrected chi connectivity index (χ2v) is 5.35. The molecule has 1 atom stereocenters. The van der Waals surface area contributed by atoms with Crippen LogP contribution in [0, 0.1) is 11.8 Å². The van der Waals surface area contributed by atoms with Crippen LogP contribution in [0.2, 0.25) is 0 Å². The van der Waals surface area contributed by atoms with Gasteiger partial charge in [-0.1, -0.05) is 47.5 Å². The van der Waals surface area contributed by atoms with Crippen LogP contribution >= 0.6 is 0 Å². The lowest BCUT2D eigenvalue weighted by atomic mass is 10.0. The van der Waals surface area contributed by atoms with Gasteiger partial charge in [0.1, 0.15) is 6.10 Å². The summed E-state index contributed by atoms with van der Waals surface area (Å²) in [7, 11) is 0. The first-order valence-corrected chi connectivity index (χ1v) is 6.66. The van der Waals surface area contributed by atoms with Gasteiger partial charge in [0.2, 0.25) is 0 Å². The Morgan fingerprint density at radius 3 is 2.19 bits per heavy atom. The van der Waals surface area contributed by atoms with Crippen molar-refractivity contribution in [1.29, 1.82) is 0 Å². The van der Waals surface area contributed by atoms with E-state index in [4.69, 9.17) is 4.74 Å². The van der Waals surface area contributed by atoms with E-state index in [0.717, 1.165) is 25.7 Å². The minimum Gasteiger partial charge on any atom is -0.462 e. The Bertz CT molecular complexity index is 185.